The smallest absolute Gasteiger partial charge is 0.335 e. The topological polar surface area (TPSA) is 87.0 Å². The number of ether oxygens (including phenoxy) is 1. The molecule has 0 bridgehead atoms. The summed E-state index contributed by atoms with van der Waals surface area (Å²) in [5.41, 5.74) is 0. The normalized spacial score (nSPS) is 13.5. The van der Waals surface area contributed by atoms with Crippen molar-refractivity contribution < 1.29 is 24.9 Å². The van der Waals surface area contributed by atoms with Gasteiger partial charge in [-0.25, -0.2) is 4.79 Å². The van der Waals surface area contributed by atoms with Crippen LogP contribution in [-0.4, -0.2) is 46.7 Å². The largest absolute Gasteiger partial charge is 0.461 e. The first-order valence-corrected chi connectivity index (χ1v) is 10.8. The second kappa shape index (κ2) is 19.1. The third kappa shape index (κ3) is 16.8. The predicted molar refractivity (Wildman–Crippen MR) is 105 cm³/mol. The molecule has 0 radical (unpaired) electrons. The summed E-state index contributed by atoms with van der Waals surface area (Å²) in [7, 11) is 0. The number of hydrogen-bond donors (Lipinski definition) is 3. The molecule has 0 aromatic rings. The minimum Gasteiger partial charge on any atom is -0.461 e. The van der Waals surface area contributed by atoms with Crippen LogP contribution in [0.15, 0.2) is 0 Å². The van der Waals surface area contributed by atoms with Crippen LogP contribution < -0.4 is 0 Å². The summed E-state index contributed by atoms with van der Waals surface area (Å²) in [5, 5.41) is 27.4. The molecule has 156 valence electrons. The first-order valence-electron chi connectivity index (χ1n) is 10.8. The Bertz CT molecular complexity index is 309. The molecule has 0 saturated heterocycles. The van der Waals surface area contributed by atoms with Gasteiger partial charge in [0.15, 0.2) is 6.10 Å². The van der Waals surface area contributed by atoms with Crippen molar-refractivity contribution in [2.45, 2.75) is 115 Å². The second-order valence-corrected chi connectivity index (χ2v) is 7.37. The standard InChI is InChI=1S/C21H42O5/c1-2-3-4-5-6-7-8-9-10-11-12-13-14-15-16-20(24)21(25)26-18-19(23)17-22/h19-20,22-24H,2-18H2,1H3. The SMILES string of the molecule is CCCCCCCCCCCCCCCCC(O)C(=O)OCC(O)CO. The zero-order valence-electron chi connectivity index (χ0n) is 16.8. The van der Waals surface area contributed by atoms with Crippen LogP contribution >= 0.6 is 0 Å². The molecule has 5 heteroatoms. The lowest BCUT2D eigenvalue weighted by molar-refractivity contribution is -0.157. The van der Waals surface area contributed by atoms with Gasteiger partial charge in [0.1, 0.15) is 12.7 Å². The third-order valence-corrected chi connectivity index (χ3v) is 4.73. The maximum Gasteiger partial charge on any atom is 0.335 e. The molecular formula is C21H42O5. The van der Waals surface area contributed by atoms with E-state index in [1.54, 1.807) is 0 Å². The van der Waals surface area contributed by atoms with E-state index in [1.807, 2.05) is 0 Å². The van der Waals surface area contributed by atoms with E-state index in [4.69, 9.17) is 14.9 Å². The summed E-state index contributed by atoms with van der Waals surface area (Å²) in [4.78, 5) is 11.5. The molecule has 5 nitrogen and oxygen atoms in total. The summed E-state index contributed by atoms with van der Waals surface area (Å²) in [6, 6.07) is 0. The van der Waals surface area contributed by atoms with Crippen molar-refractivity contribution in [3.05, 3.63) is 0 Å². The third-order valence-electron chi connectivity index (χ3n) is 4.73. The van der Waals surface area contributed by atoms with Crippen LogP contribution in [0.4, 0.5) is 0 Å². The van der Waals surface area contributed by atoms with Crippen LogP contribution in [0.2, 0.25) is 0 Å². The number of carbonyl (C=O) groups is 1. The molecule has 0 heterocycles. The van der Waals surface area contributed by atoms with Crippen LogP contribution in [0, 0.1) is 0 Å². The molecule has 0 aromatic heterocycles. The van der Waals surface area contributed by atoms with Gasteiger partial charge in [0.25, 0.3) is 0 Å². The highest BCUT2D eigenvalue weighted by atomic mass is 16.6. The molecule has 0 aliphatic heterocycles. The van der Waals surface area contributed by atoms with Crippen LogP contribution in [0.1, 0.15) is 103 Å². The number of aliphatic hydroxyl groups is 3. The van der Waals surface area contributed by atoms with E-state index in [2.05, 4.69) is 6.92 Å². The van der Waals surface area contributed by atoms with Crippen molar-refractivity contribution in [1.29, 1.82) is 0 Å². The Labute approximate surface area is 160 Å². The van der Waals surface area contributed by atoms with Gasteiger partial charge in [-0.3, -0.25) is 0 Å². The summed E-state index contributed by atoms with van der Waals surface area (Å²) < 4.78 is 4.73. The van der Waals surface area contributed by atoms with E-state index in [9.17, 15) is 9.90 Å². The van der Waals surface area contributed by atoms with Gasteiger partial charge in [0, 0.05) is 0 Å². The lowest BCUT2D eigenvalue weighted by Gasteiger charge is -2.12. The van der Waals surface area contributed by atoms with Gasteiger partial charge in [-0.05, 0) is 6.42 Å². The van der Waals surface area contributed by atoms with Crippen LogP contribution in [0.25, 0.3) is 0 Å². The average Bonchev–Trinajstić information content (AvgIpc) is 2.65. The minimum absolute atomic E-state index is 0.273. The lowest BCUT2D eigenvalue weighted by Crippen LogP contribution is -2.28. The maximum atomic E-state index is 11.5. The molecule has 2 unspecified atom stereocenters. The number of unbranched alkanes of at least 4 members (excludes halogenated alkanes) is 13. The van der Waals surface area contributed by atoms with Crippen molar-refractivity contribution in [2.24, 2.45) is 0 Å². The van der Waals surface area contributed by atoms with Crippen molar-refractivity contribution in [1.82, 2.24) is 0 Å². The van der Waals surface area contributed by atoms with Crippen molar-refractivity contribution in [3.8, 4) is 0 Å². The van der Waals surface area contributed by atoms with Gasteiger partial charge in [0.2, 0.25) is 0 Å². The molecule has 0 aliphatic carbocycles. The summed E-state index contributed by atoms with van der Waals surface area (Å²) in [6.07, 6.45) is 15.9. The monoisotopic (exact) mass is 374 g/mol. The van der Waals surface area contributed by atoms with Gasteiger partial charge in [-0.1, -0.05) is 96.8 Å². The minimum atomic E-state index is -1.13. The summed E-state index contributed by atoms with van der Waals surface area (Å²) >= 11 is 0. The second-order valence-electron chi connectivity index (χ2n) is 7.37. The molecular weight excluding hydrogens is 332 g/mol. The van der Waals surface area contributed by atoms with E-state index >= 15 is 0 Å². The molecule has 0 aromatic carbocycles. The van der Waals surface area contributed by atoms with Crippen molar-refractivity contribution in [3.63, 3.8) is 0 Å². The van der Waals surface area contributed by atoms with Crippen LogP contribution in [0.3, 0.4) is 0 Å². The summed E-state index contributed by atoms with van der Waals surface area (Å²) in [6.45, 7) is 1.52. The fraction of sp³-hybridized carbons (Fsp3) is 0.952. The first-order chi connectivity index (χ1) is 12.6. The van der Waals surface area contributed by atoms with E-state index in [0.29, 0.717) is 6.42 Å². The number of esters is 1. The number of hydrogen-bond acceptors (Lipinski definition) is 5. The fourth-order valence-corrected chi connectivity index (χ4v) is 2.98. The Morgan fingerprint density at radius 2 is 1.19 bits per heavy atom. The number of rotatable bonds is 19. The van der Waals surface area contributed by atoms with Crippen molar-refractivity contribution in [2.75, 3.05) is 13.2 Å². The van der Waals surface area contributed by atoms with Gasteiger partial charge < -0.3 is 20.1 Å². The average molecular weight is 375 g/mol. The summed E-state index contributed by atoms with van der Waals surface area (Å²) in [5.74, 6) is -0.716. The van der Waals surface area contributed by atoms with Crippen LogP contribution in [-0.2, 0) is 9.53 Å². The number of carbonyl (C=O) groups excluding carboxylic acids is 1. The van der Waals surface area contributed by atoms with E-state index in [0.717, 1.165) is 19.3 Å². The Hall–Kier alpha value is -0.650. The van der Waals surface area contributed by atoms with E-state index in [-0.39, 0.29) is 6.61 Å². The predicted octanol–water partition coefficient (Wildman–Crippen LogP) is 4.12. The maximum absolute atomic E-state index is 11.5. The Balaban J connectivity index is 3.28. The van der Waals surface area contributed by atoms with Crippen LogP contribution in [0.5, 0.6) is 0 Å². The highest BCUT2D eigenvalue weighted by Gasteiger charge is 2.17. The highest BCUT2D eigenvalue weighted by molar-refractivity contribution is 5.74. The van der Waals surface area contributed by atoms with E-state index < -0.39 is 24.8 Å². The molecule has 0 rings (SSSR count). The Kier molecular flexibility index (Phi) is 18.6. The van der Waals surface area contributed by atoms with Gasteiger partial charge >= 0.3 is 5.97 Å². The quantitative estimate of drug-likeness (QED) is 0.234. The Morgan fingerprint density at radius 3 is 1.62 bits per heavy atom. The van der Waals surface area contributed by atoms with E-state index in [1.165, 1.54) is 70.6 Å². The zero-order chi connectivity index (χ0) is 19.5. The molecule has 0 fully saturated rings. The lowest BCUT2D eigenvalue weighted by atomic mass is 10.0. The number of aliphatic hydroxyl groups excluding tert-OH is 3. The molecule has 2 atom stereocenters. The molecule has 26 heavy (non-hydrogen) atoms. The van der Waals surface area contributed by atoms with Gasteiger partial charge in [-0.15, -0.1) is 0 Å². The first kappa shape index (κ1) is 25.4. The zero-order valence-corrected chi connectivity index (χ0v) is 16.8. The van der Waals surface area contributed by atoms with Gasteiger partial charge in [0.05, 0.1) is 6.61 Å². The molecule has 0 spiro atoms. The molecule has 0 aliphatic rings. The van der Waals surface area contributed by atoms with Crippen molar-refractivity contribution >= 4 is 5.97 Å². The fourth-order valence-electron chi connectivity index (χ4n) is 2.98. The highest BCUT2D eigenvalue weighted by Crippen LogP contribution is 2.14. The molecule has 0 saturated carbocycles. The van der Waals surface area contributed by atoms with Gasteiger partial charge in [-0.2, -0.15) is 0 Å². The molecule has 3 N–H and O–H groups in total. The Morgan fingerprint density at radius 1 is 0.769 bits per heavy atom. The molecule has 0 amide bonds.